The summed E-state index contributed by atoms with van der Waals surface area (Å²) in [6.45, 7) is 7.57. The number of benzene rings is 1. The van der Waals surface area contributed by atoms with E-state index in [-0.39, 0.29) is 5.82 Å². The van der Waals surface area contributed by atoms with Crippen molar-refractivity contribution >= 4 is 11.0 Å². The van der Waals surface area contributed by atoms with Crippen molar-refractivity contribution in [2.24, 2.45) is 0 Å². The molecule has 27 heavy (non-hydrogen) atoms. The molecule has 142 valence electrons. The zero-order valence-corrected chi connectivity index (χ0v) is 15.7. The standard InChI is InChI=1S/C20H24FN5O/c1-14-17-9-16(11-22-20(17)24-23-14)13-26-7-5-25(6-8-26)12-15-3-4-19(27-2)18(21)10-15/h3-4,9-11H,5-8,12-13H2,1-2H3,(H,22,23,24). The van der Waals surface area contributed by atoms with E-state index in [1.54, 1.807) is 12.1 Å². The maximum atomic E-state index is 13.9. The molecule has 0 spiro atoms. The van der Waals surface area contributed by atoms with Crippen LogP contribution < -0.4 is 4.74 Å². The first-order chi connectivity index (χ1) is 13.1. The van der Waals surface area contributed by atoms with E-state index in [4.69, 9.17) is 4.74 Å². The summed E-state index contributed by atoms with van der Waals surface area (Å²) in [6, 6.07) is 7.37. The van der Waals surface area contributed by atoms with Gasteiger partial charge in [0.15, 0.2) is 17.2 Å². The van der Waals surface area contributed by atoms with Crippen molar-refractivity contribution in [3.63, 3.8) is 0 Å². The lowest BCUT2D eigenvalue weighted by molar-refractivity contribution is 0.122. The number of hydrogen-bond acceptors (Lipinski definition) is 5. The summed E-state index contributed by atoms with van der Waals surface area (Å²) in [6.07, 6.45) is 1.91. The monoisotopic (exact) mass is 369 g/mol. The molecule has 0 radical (unpaired) electrons. The Morgan fingerprint density at radius 1 is 1.07 bits per heavy atom. The fourth-order valence-electron chi connectivity index (χ4n) is 3.58. The Morgan fingerprint density at radius 3 is 2.44 bits per heavy atom. The van der Waals surface area contributed by atoms with E-state index in [0.29, 0.717) is 5.75 Å². The summed E-state index contributed by atoms with van der Waals surface area (Å²) in [7, 11) is 1.48. The Bertz CT molecular complexity index is 933. The van der Waals surface area contributed by atoms with Crippen LogP contribution in [0.15, 0.2) is 30.5 Å². The number of H-pyrrole nitrogens is 1. The first kappa shape index (κ1) is 17.9. The van der Waals surface area contributed by atoms with Crippen LogP contribution in [-0.2, 0) is 13.1 Å². The number of hydrogen-bond donors (Lipinski definition) is 1. The van der Waals surface area contributed by atoms with Gasteiger partial charge in [-0.1, -0.05) is 6.07 Å². The SMILES string of the molecule is COc1ccc(CN2CCN(Cc3cnc4n[nH]c(C)c4c3)CC2)cc1F. The highest BCUT2D eigenvalue weighted by atomic mass is 19.1. The number of aromatic nitrogens is 3. The Morgan fingerprint density at radius 2 is 1.78 bits per heavy atom. The number of nitrogens with one attached hydrogen (secondary N) is 1. The molecule has 1 aliphatic heterocycles. The fourth-order valence-corrected chi connectivity index (χ4v) is 3.58. The highest BCUT2D eigenvalue weighted by Gasteiger charge is 2.18. The van der Waals surface area contributed by atoms with E-state index in [1.165, 1.54) is 12.7 Å². The second kappa shape index (κ2) is 7.62. The van der Waals surface area contributed by atoms with Crippen molar-refractivity contribution in [2.45, 2.75) is 20.0 Å². The number of aryl methyl sites for hydroxylation is 1. The van der Waals surface area contributed by atoms with Gasteiger partial charge in [0, 0.05) is 56.5 Å². The number of fused-ring (bicyclic) bond motifs is 1. The smallest absolute Gasteiger partial charge is 0.181 e. The normalized spacial score (nSPS) is 16.1. The molecule has 0 saturated carbocycles. The molecule has 0 aliphatic carbocycles. The Balaban J connectivity index is 1.33. The molecule has 3 aromatic rings. The lowest BCUT2D eigenvalue weighted by Crippen LogP contribution is -2.45. The van der Waals surface area contributed by atoms with Gasteiger partial charge in [-0.3, -0.25) is 14.9 Å². The number of methoxy groups -OCH3 is 1. The van der Waals surface area contributed by atoms with Crippen LogP contribution in [-0.4, -0.2) is 58.3 Å². The molecule has 7 heteroatoms. The summed E-state index contributed by atoms with van der Waals surface area (Å²) >= 11 is 0. The molecule has 1 N–H and O–H groups in total. The van der Waals surface area contributed by atoms with Crippen LogP contribution in [0.3, 0.4) is 0 Å². The molecule has 1 fully saturated rings. The van der Waals surface area contributed by atoms with Gasteiger partial charge < -0.3 is 4.74 Å². The average Bonchev–Trinajstić information content (AvgIpc) is 3.04. The third kappa shape index (κ3) is 3.94. The van der Waals surface area contributed by atoms with Gasteiger partial charge in [-0.2, -0.15) is 5.10 Å². The molecule has 0 unspecified atom stereocenters. The minimum Gasteiger partial charge on any atom is -0.494 e. The van der Waals surface area contributed by atoms with Crippen molar-refractivity contribution in [3.05, 3.63) is 53.1 Å². The second-order valence-corrected chi connectivity index (χ2v) is 7.08. The van der Waals surface area contributed by atoms with E-state index < -0.39 is 0 Å². The lowest BCUT2D eigenvalue weighted by atomic mass is 10.1. The lowest BCUT2D eigenvalue weighted by Gasteiger charge is -2.34. The van der Waals surface area contributed by atoms with Gasteiger partial charge in [0.1, 0.15) is 0 Å². The van der Waals surface area contributed by atoms with E-state index in [2.05, 4.69) is 31.0 Å². The van der Waals surface area contributed by atoms with Gasteiger partial charge in [0.25, 0.3) is 0 Å². The Labute approximate surface area is 157 Å². The van der Waals surface area contributed by atoms with Gasteiger partial charge in [-0.25, -0.2) is 9.37 Å². The molecule has 6 nitrogen and oxygen atoms in total. The van der Waals surface area contributed by atoms with E-state index in [1.807, 2.05) is 19.2 Å². The predicted octanol–water partition coefficient (Wildman–Crippen LogP) is 2.73. The third-order valence-corrected chi connectivity index (χ3v) is 5.15. The zero-order valence-electron chi connectivity index (χ0n) is 15.7. The van der Waals surface area contributed by atoms with Gasteiger partial charge in [0.2, 0.25) is 0 Å². The molecule has 4 rings (SSSR count). The maximum Gasteiger partial charge on any atom is 0.181 e. The summed E-state index contributed by atoms with van der Waals surface area (Å²) in [5.74, 6) is -0.00641. The van der Waals surface area contributed by atoms with Crippen LogP contribution in [0.25, 0.3) is 11.0 Å². The highest BCUT2D eigenvalue weighted by Crippen LogP contribution is 2.20. The molecule has 1 saturated heterocycles. The van der Waals surface area contributed by atoms with Gasteiger partial charge in [-0.05, 0) is 36.2 Å². The topological polar surface area (TPSA) is 57.3 Å². The van der Waals surface area contributed by atoms with Crippen LogP contribution >= 0.6 is 0 Å². The molecule has 1 aromatic carbocycles. The van der Waals surface area contributed by atoms with Crippen LogP contribution in [0.1, 0.15) is 16.8 Å². The highest BCUT2D eigenvalue weighted by molar-refractivity contribution is 5.77. The van der Waals surface area contributed by atoms with Gasteiger partial charge in [-0.15, -0.1) is 0 Å². The van der Waals surface area contributed by atoms with Crippen molar-refractivity contribution in [3.8, 4) is 5.75 Å². The summed E-state index contributed by atoms with van der Waals surface area (Å²) in [5.41, 5.74) is 4.01. The van der Waals surface area contributed by atoms with E-state index >= 15 is 0 Å². The predicted molar refractivity (Wildman–Crippen MR) is 102 cm³/mol. The minimum absolute atomic E-state index is 0.294. The largest absolute Gasteiger partial charge is 0.494 e. The average molecular weight is 369 g/mol. The number of piperazine rings is 1. The van der Waals surface area contributed by atoms with Crippen molar-refractivity contribution in [1.29, 1.82) is 0 Å². The van der Waals surface area contributed by atoms with Crippen molar-refractivity contribution in [2.75, 3.05) is 33.3 Å². The fraction of sp³-hybridized carbons (Fsp3) is 0.400. The maximum absolute atomic E-state index is 13.9. The summed E-state index contributed by atoms with van der Waals surface area (Å²) in [4.78, 5) is 9.23. The molecule has 0 amide bonds. The third-order valence-electron chi connectivity index (χ3n) is 5.15. The molecule has 2 aromatic heterocycles. The zero-order chi connectivity index (χ0) is 18.8. The van der Waals surface area contributed by atoms with Crippen LogP contribution in [0.4, 0.5) is 4.39 Å². The molecular formula is C20H24FN5O. The molecule has 1 aliphatic rings. The summed E-state index contributed by atoms with van der Waals surface area (Å²) in [5, 5.41) is 8.25. The van der Waals surface area contributed by atoms with Crippen LogP contribution in [0, 0.1) is 12.7 Å². The molecule has 0 bridgehead atoms. The number of ether oxygens (including phenoxy) is 1. The Kier molecular flexibility index (Phi) is 5.05. The number of pyridine rings is 1. The van der Waals surface area contributed by atoms with E-state index in [0.717, 1.165) is 61.6 Å². The Hall–Kier alpha value is -2.51. The van der Waals surface area contributed by atoms with Crippen LogP contribution in [0.5, 0.6) is 5.75 Å². The molecule has 0 atom stereocenters. The van der Waals surface area contributed by atoms with Crippen molar-refractivity contribution in [1.82, 2.24) is 25.0 Å². The van der Waals surface area contributed by atoms with Crippen molar-refractivity contribution < 1.29 is 9.13 Å². The van der Waals surface area contributed by atoms with Crippen LogP contribution in [0.2, 0.25) is 0 Å². The second-order valence-electron chi connectivity index (χ2n) is 7.08. The first-order valence-electron chi connectivity index (χ1n) is 9.19. The minimum atomic E-state index is -0.300. The van der Waals surface area contributed by atoms with Gasteiger partial charge >= 0.3 is 0 Å². The number of halogens is 1. The van der Waals surface area contributed by atoms with Gasteiger partial charge in [0.05, 0.1) is 7.11 Å². The number of aromatic amines is 1. The summed E-state index contributed by atoms with van der Waals surface area (Å²) < 4.78 is 18.8. The molecule has 3 heterocycles. The number of nitrogens with zero attached hydrogens (tertiary/aromatic N) is 4. The quantitative estimate of drug-likeness (QED) is 0.749. The number of rotatable bonds is 5. The molecular weight excluding hydrogens is 345 g/mol. The first-order valence-corrected chi connectivity index (χ1v) is 9.19. The van der Waals surface area contributed by atoms with E-state index in [9.17, 15) is 4.39 Å².